The van der Waals surface area contributed by atoms with Crippen molar-refractivity contribution in [3.05, 3.63) is 53.9 Å². The number of carbonyl (C=O) groups excluding carboxylic acids is 1. The van der Waals surface area contributed by atoms with Crippen LogP contribution in [0.25, 0.3) is 21.8 Å². The van der Waals surface area contributed by atoms with Crippen molar-refractivity contribution in [2.75, 3.05) is 6.61 Å². The number of allylic oxidation sites excluding steroid dienone is 2. The summed E-state index contributed by atoms with van der Waals surface area (Å²) in [6, 6.07) is 12.1. The highest BCUT2D eigenvalue weighted by Gasteiger charge is 2.24. The Morgan fingerprint density at radius 2 is 2.15 bits per heavy atom. The van der Waals surface area contributed by atoms with E-state index in [2.05, 4.69) is 16.0 Å². The second-order valence-electron chi connectivity index (χ2n) is 6.51. The molecule has 0 amide bonds. The lowest BCUT2D eigenvalue weighted by Crippen LogP contribution is -2.12. The molecular formula is C21H19N3O2. The van der Waals surface area contributed by atoms with Gasteiger partial charge in [0.05, 0.1) is 29.8 Å². The van der Waals surface area contributed by atoms with Crippen LogP contribution in [-0.2, 0) is 4.74 Å². The lowest BCUT2D eigenvalue weighted by atomic mass is 9.86. The van der Waals surface area contributed by atoms with E-state index in [9.17, 15) is 4.79 Å². The zero-order chi connectivity index (χ0) is 18.1. The highest BCUT2D eigenvalue weighted by Crippen LogP contribution is 2.36. The second kappa shape index (κ2) is 6.64. The van der Waals surface area contributed by atoms with Crippen LogP contribution in [0.3, 0.4) is 0 Å². The molecule has 0 saturated heterocycles. The molecule has 5 heteroatoms. The summed E-state index contributed by atoms with van der Waals surface area (Å²) in [6.45, 7) is 2.10. The highest BCUT2D eigenvalue weighted by atomic mass is 16.5. The SMILES string of the molecule is CCOC(=O)c1cc2c([nH]c3ccccc32)c(C2C=CC(C#N)CC2)n1. The minimum absolute atomic E-state index is 0.0438. The van der Waals surface area contributed by atoms with Crippen molar-refractivity contribution in [3.63, 3.8) is 0 Å². The van der Waals surface area contributed by atoms with E-state index in [4.69, 9.17) is 10.00 Å². The van der Waals surface area contributed by atoms with Gasteiger partial charge in [-0.1, -0.05) is 30.4 Å². The first-order valence-corrected chi connectivity index (χ1v) is 8.87. The highest BCUT2D eigenvalue weighted by molar-refractivity contribution is 6.09. The normalized spacial score (nSPS) is 19.5. The summed E-state index contributed by atoms with van der Waals surface area (Å²) < 4.78 is 5.17. The number of rotatable bonds is 3. The minimum Gasteiger partial charge on any atom is -0.461 e. The molecule has 0 saturated carbocycles. The molecule has 3 aromatic rings. The van der Waals surface area contributed by atoms with Crippen LogP contribution >= 0.6 is 0 Å². The molecule has 0 aliphatic heterocycles. The number of nitrogens with one attached hydrogen (secondary N) is 1. The van der Waals surface area contributed by atoms with Crippen LogP contribution in [0.5, 0.6) is 0 Å². The fourth-order valence-corrected chi connectivity index (χ4v) is 3.60. The van der Waals surface area contributed by atoms with Gasteiger partial charge in [-0.2, -0.15) is 5.26 Å². The van der Waals surface area contributed by atoms with E-state index in [0.29, 0.717) is 12.3 Å². The zero-order valence-electron chi connectivity index (χ0n) is 14.5. The number of H-pyrrole nitrogens is 1. The number of nitriles is 1. The Hall–Kier alpha value is -3.13. The Balaban J connectivity index is 1.92. The number of esters is 1. The number of aromatic amines is 1. The summed E-state index contributed by atoms with van der Waals surface area (Å²) in [5.74, 6) is -0.377. The number of carbonyl (C=O) groups is 1. The molecule has 0 bridgehead atoms. The first kappa shape index (κ1) is 16.3. The first-order valence-electron chi connectivity index (χ1n) is 8.87. The molecule has 1 aromatic carbocycles. The molecule has 2 aromatic heterocycles. The third-order valence-electron chi connectivity index (χ3n) is 4.89. The monoisotopic (exact) mass is 345 g/mol. The van der Waals surface area contributed by atoms with Crippen molar-refractivity contribution in [2.24, 2.45) is 5.92 Å². The van der Waals surface area contributed by atoms with Gasteiger partial charge in [-0.25, -0.2) is 9.78 Å². The number of para-hydroxylation sites is 1. The molecule has 0 spiro atoms. The van der Waals surface area contributed by atoms with E-state index in [-0.39, 0.29) is 11.8 Å². The third-order valence-corrected chi connectivity index (χ3v) is 4.89. The van der Waals surface area contributed by atoms with E-state index in [1.165, 1.54) is 0 Å². The number of ether oxygens (including phenoxy) is 1. The van der Waals surface area contributed by atoms with Crippen LogP contribution in [0.15, 0.2) is 42.5 Å². The number of hydrogen-bond donors (Lipinski definition) is 1. The molecular weight excluding hydrogens is 326 g/mol. The van der Waals surface area contributed by atoms with Crippen molar-refractivity contribution < 1.29 is 9.53 Å². The van der Waals surface area contributed by atoms with E-state index >= 15 is 0 Å². The Kier molecular flexibility index (Phi) is 4.18. The summed E-state index contributed by atoms with van der Waals surface area (Å²) in [7, 11) is 0. The zero-order valence-corrected chi connectivity index (χ0v) is 14.5. The van der Waals surface area contributed by atoms with E-state index in [0.717, 1.165) is 40.3 Å². The van der Waals surface area contributed by atoms with E-state index in [1.54, 1.807) is 13.0 Å². The number of nitrogens with zero attached hydrogens (tertiary/aromatic N) is 2. The first-order chi connectivity index (χ1) is 12.7. The summed E-state index contributed by atoms with van der Waals surface area (Å²) in [4.78, 5) is 20.4. The molecule has 2 atom stereocenters. The van der Waals surface area contributed by atoms with Crippen molar-refractivity contribution in [1.29, 1.82) is 5.26 Å². The summed E-state index contributed by atoms with van der Waals surface area (Å²) in [5.41, 5.74) is 3.13. The third kappa shape index (κ3) is 2.74. The van der Waals surface area contributed by atoms with Gasteiger partial charge in [-0.3, -0.25) is 0 Å². The van der Waals surface area contributed by atoms with Gasteiger partial charge in [0.15, 0.2) is 0 Å². The molecule has 5 nitrogen and oxygen atoms in total. The maximum absolute atomic E-state index is 12.3. The van der Waals surface area contributed by atoms with Crippen LogP contribution < -0.4 is 0 Å². The van der Waals surface area contributed by atoms with Gasteiger partial charge in [0, 0.05) is 22.2 Å². The molecule has 1 aliphatic rings. The average Bonchev–Trinajstić information content (AvgIpc) is 3.06. The smallest absolute Gasteiger partial charge is 0.356 e. The maximum Gasteiger partial charge on any atom is 0.356 e. The minimum atomic E-state index is -0.407. The van der Waals surface area contributed by atoms with Gasteiger partial charge in [0.1, 0.15) is 5.69 Å². The summed E-state index contributed by atoms with van der Waals surface area (Å²) >= 11 is 0. The molecule has 0 fully saturated rings. The summed E-state index contributed by atoms with van der Waals surface area (Å²) in [5, 5.41) is 11.1. The van der Waals surface area contributed by atoms with Crippen molar-refractivity contribution in [3.8, 4) is 6.07 Å². The second-order valence-corrected chi connectivity index (χ2v) is 6.51. The molecule has 1 N–H and O–H groups in total. The molecule has 4 rings (SSSR count). The van der Waals surface area contributed by atoms with Gasteiger partial charge < -0.3 is 9.72 Å². The molecule has 26 heavy (non-hydrogen) atoms. The number of benzene rings is 1. The van der Waals surface area contributed by atoms with Crippen molar-refractivity contribution >= 4 is 27.8 Å². The molecule has 1 aliphatic carbocycles. The van der Waals surface area contributed by atoms with Crippen LogP contribution in [0.4, 0.5) is 0 Å². The van der Waals surface area contributed by atoms with Gasteiger partial charge in [-0.15, -0.1) is 0 Å². The van der Waals surface area contributed by atoms with Crippen LogP contribution in [0.2, 0.25) is 0 Å². The van der Waals surface area contributed by atoms with Gasteiger partial charge >= 0.3 is 5.97 Å². The molecule has 2 unspecified atom stereocenters. The van der Waals surface area contributed by atoms with Crippen LogP contribution in [-0.4, -0.2) is 22.5 Å². The standard InChI is InChI=1S/C21H19N3O2/c1-2-26-21(25)18-11-16-15-5-3-4-6-17(15)23-20(16)19(24-18)14-9-7-13(12-22)8-10-14/h3-7,9,11,13-14,23H,2,8,10H2,1H3. The number of pyridine rings is 1. The Bertz CT molecular complexity index is 1060. The van der Waals surface area contributed by atoms with Crippen LogP contribution in [0, 0.1) is 17.2 Å². The predicted molar refractivity (Wildman–Crippen MR) is 99.8 cm³/mol. The Labute approximate surface area is 151 Å². The lowest BCUT2D eigenvalue weighted by molar-refractivity contribution is 0.0519. The Morgan fingerprint density at radius 3 is 2.88 bits per heavy atom. The van der Waals surface area contributed by atoms with Gasteiger partial charge in [0.25, 0.3) is 0 Å². The van der Waals surface area contributed by atoms with Crippen LogP contribution in [0.1, 0.15) is 41.9 Å². The number of aromatic nitrogens is 2. The fraction of sp³-hybridized carbons (Fsp3) is 0.286. The molecule has 2 heterocycles. The number of hydrogen-bond acceptors (Lipinski definition) is 4. The molecule has 130 valence electrons. The van der Waals surface area contributed by atoms with Crippen molar-refractivity contribution in [1.82, 2.24) is 9.97 Å². The van der Waals surface area contributed by atoms with Gasteiger partial charge in [-0.05, 0) is 31.9 Å². The Morgan fingerprint density at radius 1 is 1.31 bits per heavy atom. The topological polar surface area (TPSA) is 78.8 Å². The number of fused-ring (bicyclic) bond motifs is 3. The lowest BCUT2D eigenvalue weighted by Gasteiger charge is -2.19. The van der Waals surface area contributed by atoms with Crippen molar-refractivity contribution in [2.45, 2.75) is 25.7 Å². The quantitative estimate of drug-likeness (QED) is 0.561. The predicted octanol–water partition coefficient (Wildman–Crippen LogP) is 4.47. The van der Waals surface area contributed by atoms with E-state index in [1.807, 2.05) is 36.4 Å². The average molecular weight is 345 g/mol. The fourth-order valence-electron chi connectivity index (χ4n) is 3.60. The largest absolute Gasteiger partial charge is 0.461 e. The maximum atomic E-state index is 12.3. The summed E-state index contributed by atoms with van der Waals surface area (Å²) in [6.07, 6.45) is 5.62. The van der Waals surface area contributed by atoms with Gasteiger partial charge in [0.2, 0.25) is 0 Å². The van der Waals surface area contributed by atoms with E-state index < -0.39 is 5.97 Å². The molecule has 0 radical (unpaired) electrons.